The van der Waals surface area contributed by atoms with E-state index in [1.54, 1.807) is 0 Å². The van der Waals surface area contributed by atoms with E-state index in [-0.39, 0.29) is 5.69 Å². The first-order chi connectivity index (χ1) is 18.7. The Morgan fingerprint density at radius 2 is 1.63 bits per heavy atom. The third-order valence-corrected chi connectivity index (χ3v) is 7.06. The fourth-order valence-corrected chi connectivity index (χ4v) is 4.97. The summed E-state index contributed by atoms with van der Waals surface area (Å²) < 4.78 is 3.89. The number of tetrazole rings is 1. The number of aryl methyl sites for hydroxylation is 1. The van der Waals surface area contributed by atoms with Crippen molar-refractivity contribution < 1.29 is 0 Å². The minimum Gasteiger partial charge on any atom is -0.296 e. The molecule has 0 atom stereocenters. The van der Waals surface area contributed by atoms with E-state index in [0.29, 0.717) is 18.9 Å². The van der Waals surface area contributed by atoms with Crippen molar-refractivity contribution in [2.24, 2.45) is 0 Å². The average molecular weight is 508 g/mol. The first-order valence-electron chi connectivity index (χ1n) is 13.3. The lowest BCUT2D eigenvalue weighted by atomic mass is 10.0. The number of imidazole rings is 1. The molecule has 38 heavy (non-hydrogen) atoms. The summed E-state index contributed by atoms with van der Waals surface area (Å²) in [6, 6.07) is 22.3. The summed E-state index contributed by atoms with van der Waals surface area (Å²) >= 11 is 0. The molecule has 0 spiro atoms. The van der Waals surface area contributed by atoms with E-state index < -0.39 is 0 Å². The summed E-state index contributed by atoms with van der Waals surface area (Å²) in [6.45, 7) is 5.46. The number of unbranched alkanes of at least 4 members (excludes halogenated alkanes) is 2. The van der Waals surface area contributed by atoms with Gasteiger partial charge in [-0.1, -0.05) is 80.4 Å². The number of aromatic nitrogens is 7. The number of benzene rings is 2. The number of rotatable bonds is 11. The lowest BCUT2D eigenvalue weighted by Crippen LogP contribution is -2.26. The Hall–Kier alpha value is -4.33. The molecule has 8 heteroatoms. The van der Waals surface area contributed by atoms with Gasteiger partial charge in [0, 0.05) is 35.3 Å². The maximum Gasteiger partial charge on any atom is 0.328 e. The molecule has 0 radical (unpaired) electrons. The average Bonchev–Trinajstić information content (AvgIpc) is 3.57. The van der Waals surface area contributed by atoms with Gasteiger partial charge in [-0.3, -0.25) is 14.1 Å². The summed E-state index contributed by atoms with van der Waals surface area (Å²) in [7, 11) is 0. The van der Waals surface area contributed by atoms with Gasteiger partial charge in [0.2, 0.25) is 0 Å². The van der Waals surface area contributed by atoms with Crippen LogP contribution in [0.1, 0.15) is 48.7 Å². The van der Waals surface area contributed by atoms with Crippen LogP contribution in [0.4, 0.5) is 0 Å². The number of nitrogens with zero attached hydrogens (tertiary/aromatic N) is 6. The SMILES string of the molecule is CCCCCc1c(C)n(CCc2ccccc2)c(=O)n1Cc1ccc(-c2ccccc2-c2nnn[nH]2)nc1. The predicted molar refractivity (Wildman–Crippen MR) is 149 cm³/mol. The second-order valence-electron chi connectivity index (χ2n) is 9.59. The van der Waals surface area contributed by atoms with E-state index >= 15 is 0 Å². The van der Waals surface area contributed by atoms with Crippen molar-refractivity contribution in [3.63, 3.8) is 0 Å². The van der Waals surface area contributed by atoms with Gasteiger partial charge in [-0.05, 0) is 53.8 Å². The van der Waals surface area contributed by atoms with Gasteiger partial charge in [0.15, 0.2) is 5.82 Å². The smallest absolute Gasteiger partial charge is 0.296 e. The van der Waals surface area contributed by atoms with Crippen LogP contribution in [-0.4, -0.2) is 34.7 Å². The van der Waals surface area contributed by atoms with Gasteiger partial charge in [0.05, 0.1) is 12.2 Å². The van der Waals surface area contributed by atoms with Gasteiger partial charge >= 0.3 is 5.69 Å². The fourth-order valence-electron chi connectivity index (χ4n) is 4.97. The molecule has 0 amide bonds. The van der Waals surface area contributed by atoms with Gasteiger partial charge in [-0.15, -0.1) is 5.10 Å². The number of pyridine rings is 1. The van der Waals surface area contributed by atoms with Gasteiger partial charge in [-0.25, -0.2) is 9.89 Å². The van der Waals surface area contributed by atoms with Crippen LogP contribution in [0.2, 0.25) is 0 Å². The van der Waals surface area contributed by atoms with Crippen molar-refractivity contribution in [1.82, 2.24) is 34.7 Å². The molecule has 3 heterocycles. The second kappa shape index (κ2) is 11.8. The third-order valence-electron chi connectivity index (χ3n) is 7.06. The molecule has 2 aromatic carbocycles. The number of H-pyrrole nitrogens is 1. The molecule has 8 nitrogen and oxygen atoms in total. The van der Waals surface area contributed by atoms with Gasteiger partial charge < -0.3 is 0 Å². The maximum absolute atomic E-state index is 13.6. The van der Waals surface area contributed by atoms with Gasteiger partial charge in [0.25, 0.3) is 0 Å². The van der Waals surface area contributed by atoms with E-state index in [4.69, 9.17) is 4.98 Å². The first kappa shape index (κ1) is 25.3. The topological polar surface area (TPSA) is 94.3 Å². The molecular formula is C30H33N7O. The summed E-state index contributed by atoms with van der Waals surface area (Å²) in [5.41, 5.74) is 7.14. The van der Waals surface area contributed by atoms with Crippen LogP contribution in [-0.2, 0) is 25.9 Å². The Morgan fingerprint density at radius 1 is 0.842 bits per heavy atom. The predicted octanol–water partition coefficient (Wildman–Crippen LogP) is 5.22. The minimum absolute atomic E-state index is 0.0529. The summed E-state index contributed by atoms with van der Waals surface area (Å²) in [5, 5.41) is 14.3. The maximum atomic E-state index is 13.6. The van der Waals surface area contributed by atoms with Crippen LogP contribution in [0.15, 0.2) is 77.7 Å². The van der Waals surface area contributed by atoms with Gasteiger partial charge in [-0.2, -0.15) is 0 Å². The molecule has 5 aromatic rings. The molecule has 5 rings (SSSR count). The summed E-state index contributed by atoms with van der Waals surface area (Å²) in [5.74, 6) is 0.599. The molecule has 0 aliphatic heterocycles. The van der Waals surface area contributed by atoms with E-state index in [9.17, 15) is 4.79 Å². The summed E-state index contributed by atoms with van der Waals surface area (Å²) in [6.07, 6.45) is 6.97. The highest BCUT2D eigenvalue weighted by molar-refractivity contribution is 5.78. The normalized spacial score (nSPS) is 11.2. The van der Waals surface area contributed by atoms with Crippen LogP contribution in [0.5, 0.6) is 0 Å². The van der Waals surface area contributed by atoms with E-state index in [1.165, 1.54) is 5.56 Å². The Labute approximate surface area is 222 Å². The Kier molecular flexibility index (Phi) is 7.87. The van der Waals surface area contributed by atoms with Crippen molar-refractivity contribution >= 4 is 0 Å². The van der Waals surface area contributed by atoms with Crippen LogP contribution in [0, 0.1) is 6.92 Å². The zero-order valence-electron chi connectivity index (χ0n) is 22.0. The molecule has 0 saturated heterocycles. The highest BCUT2D eigenvalue weighted by atomic mass is 16.1. The largest absolute Gasteiger partial charge is 0.328 e. The molecule has 1 N–H and O–H groups in total. The number of aromatic amines is 1. The quantitative estimate of drug-likeness (QED) is 0.247. The molecule has 0 fully saturated rings. The van der Waals surface area contributed by atoms with Crippen molar-refractivity contribution in [1.29, 1.82) is 0 Å². The molecule has 3 aromatic heterocycles. The monoisotopic (exact) mass is 507 g/mol. The Bertz CT molecular complexity index is 1520. The lowest BCUT2D eigenvalue weighted by molar-refractivity contribution is 0.618. The molecule has 0 saturated carbocycles. The van der Waals surface area contributed by atoms with Crippen LogP contribution >= 0.6 is 0 Å². The molecule has 0 unspecified atom stereocenters. The van der Waals surface area contributed by atoms with Crippen molar-refractivity contribution in [2.45, 2.75) is 59.0 Å². The van der Waals surface area contributed by atoms with E-state index in [0.717, 1.165) is 65.9 Å². The number of hydrogen-bond acceptors (Lipinski definition) is 5. The fraction of sp³-hybridized carbons (Fsp3) is 0.300. The van der Waals surface area contributed by atoms with Crippen molar-refractivity contribution in [3.8, 4) is 22.6 Å². The Balaban J connectivity index is 1.41. The number of hydrogen-bond donors (Lipinski definition) is 1. The molecular weight excluding hydrogens is 474 g/mol. The van der Waals surface area contributed by atoms with Crippen LogP contribution in [0.3, 0.4) is 0 Å². The lowest BCUT2D eigenvalue weighted by Gasteiger charge is -2.10. The first-order valence-corrected chi connectivity index (χ1v) is 13.3. The molecule has 194 valence electrons. The molecule has 0 aliphatic rings. The Morgan fingerprint density at radius 3 is 2.34 bits per heavy atom. The second-order valence-corrected chi connectivity index (χ2v) is 9.59. The van der Waals surface area contributed by atoms with Crippen molar-refractivity contribution in [2.75, 3.05) is 0 Å². The van der Waals surface area contributed by atoms with Crippen LogP contribution in [0.25, 0.3) is 22.6 Å². The van der Waals surface area contributed by atoms with Crippen LogP contribution < -0.4 is 5.69 Å². The van der Waals surface area contributed by atoms with E-state index in [1.807, 2.05) is 63.9 Å². The highest BCUT2D eigenvalue weighted by Crippen LogP contribution is 2.28. The molecule has 0 aliphatic carbocycles. The summed E-state index contributed by atoms with van der Waals surface area (Å²) in [4.78, 5) is 18.4. The van der Waals surface area contributed by atoms with Crippen molar-refractivity contribution in [3.05, 3.63) is 106 Å². The highest BCUT2D eigenvalue weighted by Gasteiger charge is 2.17. The van der Waals surface area contributed by atoms with Gasteiger partial charge in [0.1, 0.15) is 0 Å². The zero-order valence-corrected chi connectivity index (χ0v) is 22.0. The number of nitrogens with one attached hydrogen (secondary N) is 1. The zero-order chi connectivity index (χ0) is 26.3. The third kappa shape index (κ3) is 5.49. The minimum atomic E-state index is 0.0529. The van der Waals surface area contributed by atoms with E-state index in [2.05, 4.69) is 52.7 Å². The standard InChI is InChI=1S/C30H33N7O/c1-3-4-6-15-28-22(2)36(19-18-23-11-7-5-8-12-23)30(38)37(28)21-24-16-17-27(31-20-24)25-13-9-10-14-26(25)29-32-34-35-33-29/h5,7-14,16-17,20H,3-4,6,15,18-19,21H2,1-2H3,(H,32,33,34,35). The molecule has 0 bridgehead atoms.